The Hall–Kier alpha value is -1.38. The Morgan fingerprint density at radius 3 is 3.06 bits per heavy atom. The third-order valence-electron chi connectivity index (χ3n) is 2.87. The van der Waals surface area contributed by atoms with Gasteiger partial charge in [0.2, 0.25) is 5.91 Å². The van der Waals surface area contributed by atoms with Crippen molar-refractivity contribution in [2.24, 2.45) is 11.7 Å². The molecule has 1 aromatic rings. The number of carbonyl (C=O) groups is 1. The molecule has 5 heteroatoms. The lowest BCUT2D eigenvalue weighted by atomic mass is 10.1. The highest BCUT2D eigenvalue weighted by molar-refractivity contribution is 7.14. The number of thiophene rings is 1. The second-order valence-electron chi connectivity index (χ2n) is 4.03. The molecule has 1 aromatic heterocycles. The van der Waals surface area contributed by atoms with Gasteiger partial charge in [-0.3, -0.25) is 4.79 Å². The van der Waals surface area contributed by atoms with Crippen molar-refractivity contribution in [2.75, 3.05) is 5.32 Å². The van der Waals surface area contributed by atoms with Crippen LogP contribution in [-0.2, 0) is 4.79 Å². The fourth-order valence-corrected chi connectivity index (χ4v) is 2.70. The van der Waals surface area contributed by atoms with Gasteiger partial charge in [0.15, 0.2) is 0 Å². The summed E-state index contributed by atoms with van der Waals surface area (Å²) in [6, 6.07) is 3.91. The van der Waals surface area contributed by atoms with Crippen molar-refractivity contribution in [1.82, 2.24) is 0 Å². The van der Waals surface area contributed by atoms with E-state index in [2.05, 4.69) is 11.4 Å². The van der Waals surface area contributed by atoms with Crippen LogP contribution in [0.5, 0.6) is 0 Å². The molecule has 84 valence electrons. The van der Waals surface area contributed by atoms with E-state index in [0.29, 0.717) is 10.6 Å². The molecule has 16 heavy (non-hydrogen) atoms. The summed E-state index contributed by atoms with van der Waals surface area (Å²) in [5, 5.41) is 14.1. The van der Waals surface area contributed by atoms with Crippen LogP contribution in [0.15, 0.2) is 11.4 Å². The molecule has 2 unspecified atom stereocenters. The van der Waals surface area contributed by atoms with Crippen LogP contribution in [0.25, 0.3) is 0 Å². The predicted molar refractivity (Wildman–Crippen MR) is 63.0 cm³/mol. The first-order chi connectivity index (χ1) is 7.70. The Morgan fingerprint density at radius 1 is 1.62 bits per heavy atom. The standard InChI is InChI=1S/C11H13N3OS/c12-6-8-3-4-16-11(8)14-10(15)7-1-2-9(13)5-7/h3-4,7,9H,1-2,5,13H2,(H,14,15). The fraction of sp³-hybridized carbons (Fsp3) is 0.455. The first kappa shape index (κ1) is 11.1. The number of nitrogens with zero attached hydrogens (tertiary/aromatic N) is 1. The van der Waals surface area contributed by atoms with E-state index in [1.54, 1.807) is 11.4 Å². The number of rotatable bonds is 2. The van der Waals surface area contributed by atoms with Gasteiger partial charge in [-0.15, -0.1) is 11.3 Å². The first-order valence-corrected chi connectivity index (χ1v) is 6.12. The lowest BCUT2D eigenvalue weighted by Gasteiger charge is -2.09. The second-order valence-corrected chi connectivity index (χ2v) is 4.95. The normalized spacial score (nSPS) is 24.0. The summed E-state index contributed by atoms with van der Waals surface area (Å²) in [6.45, 7) is 0. The largest absolute Gasteiger partial charge is 0.328 e. The minimum Gasteiger partial charge on any atom is -0.328 e. The third kappa shape index (κ3) is 2.23. The molecule has 0 aliphatic heterocycles. The number of amides is 1. The van der Waals surface area contributed by atoms with Gasteiger partial charge in [0.1, 0.15) is 11.1 Å². The molecule has 1 aliphatic rings. The van der Waals surface area contributed by atoms with Crippen LogP contribution >= 0.6 is 11.3 Å². The van der Waals surface area contributed by atoms with E-state index in [0.717, 1.165) is 19.3 Å². The SMILES string of the molecule is N#Cc1ccsc1NC(=O)C1CCC(N)C1. The molecule has 1 aliphatic carbocycles. The molecule has 1 amide bonds. The van der Waals surface area contributed by atoms with Gasteiger partial charge in [-0.2, -0.15) is 5.26 Å². The molecule has 1 saturated carbocycles. The molecular formula is C11H13N3OS. The molecule has 1 fully saturated rings. The summed E-state index contributed by atoms with van der Waals surface area (Å²) in [5.41, 5.74) is 6.29. The minimum atomic E-state index is -0.00750. The molecule has 3 N–H and O–H groups in total. The summed E-state index contributed by atoms with van der Waals surface area (Å²) in [4.78, 5) is 11.9. The van der Waals surface area contributed by atoms with Gasteiger partial charge in [0.25, 0.3) is 0 Å². The average Bonchev–Trinajstić information content (AvgIpc) is 2.86. The summed E-state index contributed by atoms with van der Waals surface area (Å²) in [7, 11) is 0. The van der Waals surface area contributed by atoms with E-state index in [1.165, 1.54) is 11.3 Å². The number of nitriles is 1. The second kappa shape index (κ2) is 4.64. The van der Waals surface area contributed by atoms with Gasteiger partial charge in [-0.25, -0.2) is 0 Å². The molecule has 2 atom stereocenters. The van der Waals surface area contributed by atoms with Crippen molar-refractivity contribution < 1.29 is 4.79 Å². The molecule has 1 heterocycles. The van der Waals surface area contributed by atoms with Gasteiger partial charge in [0, 0.05) is 12.0 Å². The lowest BCUT2D eigenvalue weighted by molar-refractivity contribution is -0.119. The van der Waals surface area contributed by atoms with Crippen LogP contribution in [0.2, 0.25) is 0 Å². The Morgan fingerprint density at radius 2 is 2.44 bits per heavy atom. The Kier molecular flexibility index (Phi) is 3.22. The van der Waals surface area contributed by atoms with Gasteiger partial charge < -0.3 is 11.1 Å². The van der Waals surface area contributed by atoms with Crippen molar-refractivity contribution in [3.63, 3.8) is 0 Å². The Bertz CT molecular complexity index is 435. The minimum absolute atomic E-state index is 0.00337. The van der Waals surface area contributed by atoms with Crippen molar-refractivity contribution >= 4 is 22.2 Å². The van der Waals surface area contributed by atoms with Crippen molar-refractivity contribution in [2.45, 2.75) is 25.3 Å². The van der Waals surface area contributed by atoms with Crippen molar-refractivity contribution in [3.05, 3.63) is 17.0 Å². The summed E-state index contributed by atoms with van der Waals surface area (Å²) in [5.74, 6) is -0.00413. The van der Waals surface area contributed by atoms with Gasteiger partial charge in [0.05, 0.1) is 5.56 Å². The highest BCUT2D eigenvalue weighted by Gasteiger charge is 2.28. The number of anilines is 1. The highest BCUT2D eigenvalue weighted by Crippen LogP contribution is 2.28. The molecule has 2 rings (SSSR count). The van der Waals surface area contributed by atoms with Gasteiger partial charge in [-0.1, -0.05) is 0 Å². The molecule has 0 aromatic carbocycles. The monoisotopic (exact) mass is 235 g/mol. The topological polar surface area (TPSA) is 78.9 Å². The number of nitrogens with two attached hydrogens (primary N) is 1. The predicted octanol–water partition coefficient (Wildman–Crippen LogP) is 1.69. The number of carbonyl (C=O) groups excluding carboxylic acids is 1. The maximum absolute atomic E-state index is 11.9. The molecule has 0 radical (unpaired) electrons. The molecular weight excluding hydrogens is 222 g/mol. The van der Waals surface area contributed by atoms with Crippen LogP contribution < -0.4 is 11.1 Å². The number of nitrogens with one attached hydrogen (secondary N) is 1. The van der Waals surface area contributed by atoms with Crippen LogP contribution in [0.1, 0.15) is 24.8 Å². The summed E-state index contributed by atoms with van der Waals surface area (Å²) in [6.07, 6.45) is 2.51. The smallest absolute Gasteiger partial charge is 0.228 e. The average molecular weight is 235 g/mol. The summed E-state index contributed by atoms with van der Waals surface area (Å²) < 4.78 is 0. The zero-order valence-electron chi connectivity index (χ0n) is 8.77. The van der Waals surface area contributed by atoms with Crippen LogP contribution in [-0.4, -0.2) is 11.9 Å². The number of hydrogen-bond acceptors (Lipinski definition) is 4. The molecule has 0 saturated heterocycles. The fourth-order valence-electron chi connectivity index (χ4n) is 1.96. The van der Waals surface area contributed by atoms with E-state index in [-0.39, 0.29) is 17.9 Å². The van der Waals surface area contributed by atoms with Gasteiger partial charge in [-0.05, 0) is 30.7 Å². The quantitative estimate of drug-likeness (QED) is 0.818. The van der Waals surface area contributed by atoms with Crippen LogP contribution in [0.3, 0.4) is 0 Å². The van der Waals surface area contributed by atoms with E-state index < -0.39 is 0 Å². The molecule has 0 bridgehead atoms. The first-order valence-electron chi connectivity index (χ1n) is 5.24. The zero-order chi connectivity index (χ0) is 11.5. The molecule has 0 spiro atoms. The summed E-state index contributed by atoms with van der Waals surface area (Å²) >= 11 is 1.38. The lowest BCUT2D eigenvalue weighted by Crippen LogP contribution is -2.23. The van der Waals surface area contributed by atoms with Crippen molar-refractivity contribution in [3.8, 4) is 6.07 Å². The maximum atomic E-state index is 11.9. The van der Waals surface area contributed by atoms with Crippen molar-refractivity contribution in [1.29, 1.82) is 5.26 Å². The van der Waals surface area contributed by atoms with E-state index in [4.69, 9.17) is 11.0 Å². The van der Waals surface area contributed by atoms with E-state index in [1.807, 2.05) is 0 Å². The van der Waals surface area contributed by atoms with Gasteiger partial charge >= 0.3 is 0 Å². The van der Waals surface area contributed by atoms with E-state index >= 15 is 0 Å². The van der Waals surface area contributed by atoms with Crippen LogP contribution in [0, 0.1) is 17.2 Å². The third-order valence-corrected chi connectivity index (χ3v) is 3.70. The zero-order valence-corrected chi connectivity index (χ0v) is 9.59. The Labute approximate surface area is 98.1 Å². The maximum Gasteiger partial charge on any atom is 0.228 e. The molecule has 4 nitrogen and oxygen atoms in total. The van der Waals surface area contributed by atoms with E-state index in [9.17, 15) is 4.79 Å². The van der Waals surface area contributed by atoms with Crippen LogP contribution in [0.4, 0.5) is 5.00 Å². The highest BCUT2D eigenvalue weighted by atomic mass is 32.1. The number of hydrogen-bond donors (Lipinski definition) is 2. The Balaban J connectivity index is 2.00.